The van der Waals surface area contributed by atoms with Crippen LogP contribution in [0.3, 0.4) is 0 Å². The lowest BCUT2D eigenvalue weighted by molar-refractivity contribution is -0.153. The molecule has 3 saturated heterocycles. The van der Waals surface area contributed by atoms with Crippen LogP contribution in [0, 0.1) is 48.7 Å². The molecule has 18 rings (SSSR count). The van der Waals surface area contributed by atoms with Crippen LogP contribution in [0.25, 0.3) is 9.69 Å². The van der Waals surface area contributed by atoms with E-state index in [9.17, 15) is 57.0 Å². The van der Waals surface area contributed by atoms with Gasteiger partial charge in [0.05, 0.1) is 69.5 Å². The molecule has 6 aliphatic heterocycles. The summed E-state index contributed by atoms with van der Waals surface area (Å²) in [6.45, 7) is 16.8. The van der Waals surface area contributed by atoms with Gasteiger partial charge in [0.25, 0.3) is 0 Å². The molecule has 3 saturated carbocycles. The molecule has 30 heteroatoms. The standard InChI is InChI=1S/2C29H26ClF2N3O4.C28H26BrClF2N2O4/c2*1-33-19-10-8-18(9-11-19)29-23(16-6-4-3-5-7-16)20(15-35-13-17(14-35)26(31)32)25(36)28(29,37)24-21(39-29)12-22(30)34-27(24)38-2;1-37-26-23-20(11-21(30)33-26)38-28(17-7-9-18(29)10-8-17)22(15-5-3-2-4-6-15)19(24(35)27(23,28)36)14-34-12-16(13-34)25(31)32/h2*3-12,17,20,23,25-26,36-37H,13-15H2,2H3;2-11,16,19,22,24-25,35-36H,12-14H2,1H3/t2*20-,23-,25-,28+,29+;19-,22-,24-,27+,28+/m111/s1. The number of aromatic nitrogens is 3. The normalized spacial score (nSPS) is 30.1. The maximum absolute atomic E-state index is 13.3. The number of likely N-dealkylation sites (tertiary alicyclic amines) is 3. The predicted molar refractivity (Wildman–Crippen MR) is 419 cm³/mol. The molecule has 6 aromatic carbocycles. The lowest BCUT2D eigenvalue weighted by Gasteiger charge is -2.43. The van der Waals surface area contributed by atoms with Crippen molar-refractivity contribution in [3.63, 3.8) is 0 Å². The van der Waals surface area contributed by atoms with Crippen LogP contribution in [0.5, 0.6) is 34.9 Å². The molecule has 9 aliphatic rings. The van der Waals surface area contributed by atoms with Crippen molar-refractivity contribution in [3.8, 4) is 34.9 Å². The largest absolute Gasteiger partial charge is 0.481 e. The summed E-state index contributed by atoms with van der Waals surface area (Å²) in [7, 11) is 4.20. The van der Waals surface area contributed by atoms with E-state index in [1.54, 1.807) is 48.5 Å². The van der Waals surface area contributed by atoms with Gasteiger partial charge in [-0.1, -0.05) is 202 Å². The molecular formula is C86H78BrCl3F6N8O12. The fraction of sp³-hybridized carbons (Fsp3) is 0.384. The molecule has 604 valence electrons. The summed E-state index contributed by atoms with van der Waals surface area (Å²) in [4.78, 5) is 25.4. The Kier molecular flexibility index (Phi) is 21.7. The Labute approximate surface area is 687 Å². The first-order valence-electron chi connectivity index (χ1n) is 37.6. The predicted octanol–water partition coefficient (Wildman–Crippen LogP) is 14.4. The van der Waals surface area contributed by atoms with Crippen LogP contribution < -0.4 is 28.4 Å². The van der Waals surface area contributed by atoms with Gasteiger partial charge in [0, 0.05) is 135 Å². The number of alkyl halides is 6. The molecule has 0 radical (unpaired) electrons. The highest BCUT2D eigenvalue weighted by Crippen LogP contribution is 2.74. The number of methoxy groups -OCH3 is 3. The second-order valence-electron chi connectivity index (χ2n) is 31.0. The number of aliphatic hydroxyl groups is 6. The van der Waals surface area contributed by atoms with Gasteiger partial charge in [-0.05, 0) is 45.5 Å². The first kappa shape index (κ1) is 80.9. The van der Waals surface area contributed by atoms with E-state index in [0.717, 1.165) is 21.2 Å². The quantitative estimate of drug-likeness (QED) is 0.0266. The van der Waals surface area contributed by atoms with Gasteiger partial charge in [-0.2, -0.15) is 0 Å². The summed E-state index contributed by atoms with van der Waals surface area (Å²) >= 11 is 22.3. The maximum atomic E-state index is 13.3. The third kappa shape index (κ3) is 12.6. The zero-order valence-electron chi connectivity index (χ0n) is 62.3. The topological polar surface area (TPSA) is 234 Å². The van der Waals surface area contributed by atoms with Crippen molar-refractivity contribution >= 4 is 62.1 Å². The minimum Gasteiger partial charge on any atom is -0.481 e. The van der Waals surface area contributed by atoms with E-state index in [2.05, 4.69) is 40.6 Å². The number of halogens is 10. The van der Waals surface area contributed by atoms with Crippen LogP contribution in [0.15, 0.2) is 186 Å². The van der Waals surface area contributed by atoms with Gasteiger partial charge in [0.2, 0.25) is 36.9 Å². The first-order chi connectivity index (χ1) is 55.7. The van der Waals surface area contributed by atoms with Crippen molar-refractivity contribution in [2.75, 3.05) is 80.2 Å². The van der Waals surface area contributed by atoms with E-state index in [4.69, 9.17) is 76.4 Å². The van der Waals surface area contributed by atoms with E-state index in [-0.39, 0.29) is 119 Å². The van der Waals surface area contributed by atoms with Crippen LogP contribution in [-0.4, -0.2) is 178 Å². The summed E-state index contributed by atoms with van der Waals surface area (Å²) < 4.78 is 117. The van der Waals surface area contributed by atoms with E-state index < -0.39 is 124 Å². The molecule has 9 heterocycles. The minimum absolute atomic E-state index is 0.0212. The smallest absolute Gasteiger partial charge is 0.243 e. The number of hydrogen-bond donors (Lipinski definition) is 6. The monoisotopic (exact) mass is 1710 g/mol. The molecule has 3 aliphatic carbocycles. The number of ether oxygens (including phenoxy) is 6. The summed E-state index contributed by atoms with van der Waals surface area (Å²) in [5.74, 6) is -4.95. The minimum atomic E-state index is -2.41. The van der Waals surface area contributed by atoms with Crippen LogP contribution in [0.2, 0.25) is 15.5 Å². The lowest BCUT2D eigenvalue weighted by Crippen LogP contribution is -2.53. The molecule has 15 atom stereocenters. The number of benzene rings is 6. The Hall–Kier alpha value is -8.88. The average Bonchev–Trinajstić information content (AvgIpc) is 1.51. The van der Waals surface area contributed by atoms with E-state index >= 15 is 0 Å². The molecule has 0 spiro atoms. The summed E-state index contributed by atoms with van der Waals surface area (Å²) in [6.07, 6.45) is -11.4. The third-order valence-electron chi connectivity index (χ3n) is 25.1. The van der Waals surface area contributed by atoms with Crippen molar-refractivity contribution < 1.29 is 85.4 Å². The van der Waals surface area contributed by atoms with E-state index in [0.29, 0.717) is 34.6 Å². The van der Waals surface area contributed by atoms with Crippen molar-refractivity contribution in [3.05, 3.63) is 275 Å². The van der Waals surface area contributed by atoms with Crippen LogP contribution in [0.4, 0.5) is 37.7 Å². The Morgan fingerprint density at radius 1 is 0.431 bits per heavy atom. The highest BCUT2D eigenvalue weighted by Gasteiger charge is 2.80. The van der Waals surface area contributed by atoms with Gasteiger partial charge >= 0.3 is 0 Å². The summed E-state index contributed by atoms with van der Waals surface area (Å²) in [5, 5.41) is 74.9. The Bertz CT molecular complexity index is 5010. The highest BCUT2D eigenvalue weighted by molar-refractivity contribution is 9.10. The lowest BCUT2D eigenvalue weighted by atomic mass is 9.70. The molecule has 6 fully saturated rings. The molecule has 9 aromatic rings. The van der Waals surface area contributed by atoms with Crippen molar-refractivity contribution in [2.45, 2.75) is 88.9 Å². The van der Waals surface area contributed by atoms with Gasteiger partial charge in [-0.3, -0.25) is 0 Å². The fourth-order valence-electron chi connectivity index (χ4n) is 20.2. The number of fused-ring (bicyclic) bond motifs is 9. The number of pyridine rings is 3. The van der Waals surface area contributed by atoms with Gasteiger partial charge in [0.1, 0.15) is 32.7 Å². The van der Waals surface area contributed by atoms with Crippen LogP contribution in [-0.2, 0) is 33.6 Å². The zero-order valence-corrected chi connectivity index (χ0v) is 66.2. The second kappa shape index (κ2) is 31.1. The zero-order chi connectivity index (χ0) is 81.9. The van der Waals surface area contributed by atoms with Crippen molar-refractivity contribution in [1.29, 1.82) is 0 Å². The van der Waals surface area contributed by atoms with Gasteiger partial charge in [-0.15, -0.1) is 0 Å². The summed E-state index contributed by atoms with van der Waals surface area (Å²) in [5.41, 5.74) is -5.21. The SMILES string of the molecule is COc1nc(Cl)cc2c1[C@]1(O)[C@H](O)[C@H](CN3CC(C(F)F)C3)[C@@H](c3ccccc3)[C@]1(c1ccc(Br)cc1)O2.[C-]#[N+]c1ccc([C@@]23Oc4cc(Cl)nc(OC)c4[C@]2(O)[C@H](O)[C@H](CN2CC(C(F)F)C2)[C@H]3c2ccccc2)cc1.[C-]#[N+]c1ccc([C@@]23Oc4cc(Cl)nc(OC)c4[C@]2(O)[C@H](O)[C@H](CN2CC(C(F)F)C2)[C@H]3c2ccccc2)cc1. The van der Waals surface area contributed by atoms with E-state index in [1.165, 1.54) is 39.5 Å². The molecule has 0 amide bonds. The first-order valence-corrected chi connectivity index (χ1v) is 39.5. The van der Waals surface area contributed by atoms with E-state index in [1.807, 2.05) is 130 Å². The number of aliphatic hydroxyl groups excluding tert-OH is 3. The van der Waals surface area contributed by atoms with Crippen LogP contribution in [0.1, 0.15) is 67.8 Å². The molecule has 0 bridgehead atoms. The van der Waals surface area contributed by atoms with Gasteiger partial charge in [0.15, 0.2) is 45.0 Å². The van der Waals surface area contributed by atoms with Gasteiger partial charge < -0.3 is 73.8 Å². The number of hydrogen-bond acceptors (Lipinski definition) is 18. The Morgan fingerprint density at radius 2 is 0.681 bits per heavy atom. The maximum Gasteiger partial charge on any atom is 0.243 e. The molecule has 20 nitrogen and oxygen atoms in total. The van der Waals surface area contributed by atoms with Crippen LogP contribution >= 0.6 is 50.7 Å². The Morgan fingerprint density at radius 3 is 0.914 bits per heavy atom. The molecular weight excluding hydrogens is 1640 g/mol. The highest BCUT2D eigenvalue weighted by atomic mass is 79.9. The van der Waals surface area contributed by atoms with Crippen molar-refractivity contribution in [1.82, 2.24) is 29.7 Å². The molecule has 116 heavy (non-hydrogen) atoms. The number of rotatable bonds is 18. The molecule has 3 aromatic heterocycles. The average molecular weight is 1720 g/mol. The van der Waals surface area contributed by atoms with Crippen molar-refractivity contribution in [2.24, 2.45) is 35.5 Å². The van der Waals surface area contributed by atoms with Gasteiger partial charge in [-0.25, -0.2) is 51.0 Å². The summed E-state index contributed by atoms with van der Waals surface area (Å²) in [6, 6.07) is 53.6. The third-order valence-corrected chi connectivity index (χ3v) is 26.2. The molecule has 6 N–H and O–H groups in total. The second-order valence-corrected chi connectivity index (χ2v) is 33.1. The Balaban J connectivity index is 0.000000131. The molecule has 0 unspecified atom stereocenters. The fourth-order valence-corrected chi connectivity index (χ4v) is 21.0. The number of nitrogens with zero attached hydrogens (tertiary/aromatic N) is 8.